The third kappa shape index (κ3) is 2.54. The van der Waals surface area contributed by atoms with Gasteiger partial charge in [-0.15, -0.1) is 0 Å². The molecule has 112 valence electrons. The number of anilines is 1. The van der Waals surface area contributed by atoms with E-state index in [1.807, 2.05) is 0 Å². The molecule has 0 radical (unpaired) electrons. The second kappa shape index (κ2) is 5.28. The van der Waals surface area contributed by atoms with Gasteiger partial charge in [0.15, 0.2) is 0 Å². The number of carbonyl (C=O) groups is 1. The maximum atomic E-state index is 12.4. The lowest BCUT2D eigenvalue weighted by atomic mass is 9.99. The van der Waals surface area contributed by atoms with Crippen LogP contribution < -0.4 is 10.9 Å². The predicted octanol–water partition coefficient (Wildman–Crippen LogP) is 0.400. The molecule has 0 aromatic carbocycles. The Bertz CT molecular complexity index is 742. The van der Waals surface area contributed by atoms with Crippen LogP contribution in [0.25, 0.3) is 5.78 Å². The van der Waals surface area contributed by atoms with E-state index in [1.54, 1.807) is 13.8 Å². The van der Waals surface area contributed by atoms with Gasteiger partial charge in [0.05, 0.1) is 5.69 Å². The normalized spacial score (nSPS) is 16.3. The van der Waals surface area contributed by atoms with Crippen LogP contribution in [0.2, 0.25) is 0 Å². The summed E-state index contributed by atoms with van der Waals surface area (Å²) in [6.07, 6.45) is 1.34. The molecule has 0 aliphatic carbocycles. The van der Waals surface area contributed by atoms with Crippen molar-refractivity contribution in [3.63, 3.8) is 0 Å². The van der Waals surface area contributed by atoms with Gasteiger partial charge in [0.25, 0.3) is 11.3 Å². The van der Waals surface area contributed by atoms with Crippen molar-refractivity contribution in [1.29, 1.82) is 0 Å². The highest BCUT2D eigenvalue weighted by molar-refractivity contribution is 5.93. The maximum Gasteiger partial charge on any atom is 0.298 e. The molecule has 2 aromatic rings. The minimum atomic E-state index is -0.349. The Balaban J connectivity index is 1.92. The van der Waals surface area contributed by atoms with E-state index in [2.05, 4.69) is 20.4 Å². The van der Waals surface area contributed by atoms with Crippen molar-refractivity contribution in [2.75, 3.05) is 18.5 Å². The van der Waals surface area contributed by atoms with E-state index in [1.165, 1.54) is 4.52 Å². The highest BCUT2D eigenvalue weighted by Gasteiger charge is 2.23. The minimum absolute atomic E-state index is 0.123. The van der Waals surface area contributed by atoms with Gasteiger partial charge in [-0.2, -0.15) is 9.50 Å². The second-order valence-corrected chi connectivity index (χ2v) is 5.20. The lowest BCUT2D eigenvalue weighted by Gasteiger charge is -2.21. The Labute approximate surface area is 120 Å². The monoisotopic (exact) mass is 291 g/mol. The van der Waals surface area contributed by atoms with E-state index >= 15 is 0 Å². The van der Waals surface area contributed by atoms with Gasteiger partial charge in [-0.25, -0.2) is 4.98 Å². The lowest BCUT2D eigenvalue weighted by molar-refractivity contribution is -0.122. The standard InChI is InChI=1S/C13H17N5O3/c1-7-10(16-11(19)9-3-5-21-6-4-9)12(20)18-13(14-7)15-8(2)17-18/h9H,3-6H2,1-2H3,(H,16,19)(H,14,15,17). The highest BCUT2D eigenvalue weighted by Crippen LogP contribution is 2.17. The van der Waals surface area contributed by atoms with Gasteiger partial charge in [0.1, 0.15) is 11.5 Å². The number of aryl methyl sites for hydroxylation is 2. The third-order valence-electron chi connectivity index (χ3n) is 3.63. The SMILES string of the molecule is Cc1nc2nc(C)c(NC(=O)C3CCOCC3)c(=O)n2[nH]1. The summed E-state index contributed by atoms with van der Waals surface area (Å²) < 4.78 is 6.47. The first-order chi connectivity index (χ1) is 10.1. The number of fused-ring (bicyclic) bond motifs is 1. The third-order valence-corrected chi connectivity index (χ3v) is 3.63. The molecule has 0 spiro atoms. The molecule has 1 fully saturated rings. The number of amides is 1. The number of hydrogen-bond donors (Lipinski definition) is 2. The molecule has 0 saturated carbocycles. The molecule has 8 heteroatoms. The molecule has 2 aromatic heterocycles. The zero-order chi connectivity index (χ0) is 15.0. The maximum absolute atomic E-state index is 12.4. The van der Waals surface area contributed by atoms with E-state index in [0.29, 0.717) is 43.4 Å². The Morgan fingerprint density at radius 3 is 2.76 bits per heavy atom. The van der Waals surface area contributed by atoms with Crippen LogP contribution in [0.1, 0.15) is 24.4 Å². The number of aromatic amines is 1. The number of nitrogens with one attached hydrogen (secondary N) is 2. The Morgan fingerprint density at radius 2 is 2.05 bits per heavy atom. The molecule has 0 atom stereocenters. The van der Waals surface area contributed by atoms with E-state index in [-0.39, 0.29) is 23.1 Å². The topological polar surface area (TPSA) is 101 Å². The van der Waals surface area contributed by atoms with E-state index in [0.717, 1.165) is 0 Å². The smallest absolute Gasteiger partial charge is 0.298 e. The van der Waals surface area contributed by atoms with Crippen LogP contribution in [-0.4, -0.2) is 38.7 Å². The van der Waals surface area contributed by atoms with Gasteiger partial charge < -0.3 is 10.1 Å². The first-order valence-corrected chi connectivity index (χ1v) is 6.91. The zero-order valence-electron chi connectivity index (χ0n) is 12.0. The van der Waals surface area contributed by atoms with Crippen LogP contribution in [0, 0.1) is 19.8 Å². The second-order valence-electron chi connectivity index (χ2n) is 5.20. The summed E-state index contributed by atoms with van der Waals surface area (Å²) in [6, 6.07) is 0. The number of rotatable bonds is 2. The first kappa shape index (κ1) is 13.7. The molecule has 1 aliphatic heterocycles. The van der Waals surface area contributed by atoms with E-state index in [4.69, 9.17) is 4.74 Å². The average Bonchev–Trinajstić information content (AvgIpc) is 2.85. The summed E-state index contributed by atoms with van der Waals surface area (Å²) in [5, 5.41) is 5.52. The number of carbonyl (C=O) groups excluding carboxylic acids is 1. The average molecular weight is 291 g/mol. The van der Waals surface area contributed by atoms with Crippen molar-refractivity contribution in [2.45, 2.75) is 26.7 Å². The van der Waals surface area contributed by atoms with Gasteiger partial charge >= 0.3 is 0 Å². The van der Waals surface area contributed by atoms with Crippen LogP contribution in [0.4, 0.5) is 5.69 Å². The van der Waals surface area contributed by atoms with Crippen molar-refractivity contribution < 1.29 is 9.53 Å². The molecule has 21 heavy (non-hydrogen) atoms. The van der Waals surface area contributed by atoms with Crippen molar-refractivity contribution in [3.05, 3.63) is 21.9 Å². The fraction of sp³-hybridized carbons (Fsp3) is 0.538. The molecular weight excluding hydrogens is 274 g/mol. The number of nitrogens with zero attached hydrogens (tertiary/aromatic N) is 3. The molecule has 1 saturated heterocycles. The summed E-state index contributed by atoms with van der Waals surface area (Å²) >= 11 is 0. The summed E-state index contributed by atoms with van der Waals surface area (Å²) in [5.41, 5.74) is 0.318. The molecular formula is C13H17N5O3. The first-order valence-electron chi connectivity index (χ1n) is 6.91. The van der Waals surface area contributed by atoms with Crippen LogP contribution in [0.3, 0.4) is 0 Å². The molecule has 8 nitrogen and oxygen atoms in total. The number of H-pyrrole nitrogens is 1. The summed E-state index contributed by atoms with van der Waals surface area (Å²) in [7, 11) is 0. The van der Waals surface area contributed by atoms with Gasteiger partial charge in [0, 0.05) is 19.1 Å². The van der Waals surface area contributed by atoms with Crippen molar-refractivity contribution >= 4 is 17.4 Å². The molecule has 0 bridgehead atoms. The number of ether oxygens (including phenoxy) is 1. The minimum Gasteiger partial charge on any atom is -0.381 e. The lowest BCUT2D eigenvalue weighted by Crippen LogP contribution is -2.32. The predicted molar refractivity (Wildman–Crippen MR) is 75.3 cm³/mol. The van der Waals surface area contributed by atoms with Crippen LogP contribution >= 0.6 is 0 Å². The Morgan fingerprint density at radius 1 is 1.33 bits per heavy atom. The van der Waals surface area contributed by atoms with Gasteiger partial charge in [0.2, 0.25) is 5.91 Å². The van der Waals surface area contributed by atoms with Crippen molar-refractivity contribution in [2.24, 2.45) is 5.92 Å². The van der Waals surface area contributed by atoms with Crippen LogP contribution in [0.15, 0.2) is 4.79 Å². The summed E-state index contributed by atoms with van der Waals surface area (Å²) in [5.74, 6) is 0.615. The van der Waals surface area contributed by atoms with Crippen LogP contribution in [0.5, 0.6) is 0 Å². The van der Waals surface area contributed by atoms with E-state index < -0.39 is 0 Å². The molecule has 3 rings (SSSR count). The van der Waals surface area contributed by atoms with Crippen LogP contribution in [-0.2, 0) is 9.53 Å². The van der Waals surface area contributed by atoms with Gasteiger partial charge in [-0.05, 0) is 26.7 Å². The molecule has 2 N–H and O–H groups in total. The molecule has 0 unspecified atom stereocenters. The largest absolute Gasteiger partial charge is 0.381 e. The summed E-state index contributed by atoms with van der Waals surface area (Å²) in [6.45, 7) is 4.58. The van der Waals surface area contributed by atoms with E-state index in [9.17, 15) is 9.59 Å². The Hall–Kier alpha value is -2.22. The Kier molecular flexibility index (Phi) is 3.46. The highest BCUT2D eigenvalue weighted by atomic mass is 16.5. The fourth-order valence-electron chi connectivity index (χ4n) is 2.45. The zero-order valence-corrected chi connectivity index (χ0v) is 12.0. The summed E-state index contributed by atoms with van der Waals surface area (Å²) in [4.78, 5) is 33.0. The molecule has 3 heterocycles. The number of hydrogen-bond acceptors (Lipinski definition) is 5. The van der Waals surface area contributed by atoms with Crippen molar-refractivity contribution in [1.82, 2.24) is 19.6 Å². The molecule has 1 aliphatic rings. The number of aromatic nitrogens is 4. The molecule has 1 amide bonds. The van der Waals surface area contributed by atoms with Gasteiger partial charge in [-0.3, -0.25) is 14.7 Å². The van der Waals surface area contributed by atoms with Crippen molar-refractivity contribution in [3.8, 4) is 0 Å². The fourth-order valence-corrected chi connectivity index (χ4v) is 2.45. The van der Waals surface area contributed by atoms with Gasteiger partial charge in [-0.1, -0.05) is 0 Å². The quantitative estimate of drug-likeness (QED) is 0.834.